The number of thiophene rings is 1. The van der Waals surface area contributed by atoms with Gasteiger partial charge in [0.05, 0.1) is 39.5 Å². The Morgan fingerprint density at radius 2 is 1.78 bits per heavy atom. The molecule has 1 aromatic heterocycles. The lowest BCUT2D eigenvalue weighted by Crippen LogP contribution is -2.30. The van der Waals surface area contributed by atoms with Crippen LogP contribution >= 0.6 is 28.3 Å². The minimum atomic E-state index is -0.901. The molecule has 0 bridgehead atoms. The van der Waals surface area contributed by atoms with Gasteiger partial charge >= 0.3 is 5.97 Å². The number of halogens is 2. The smallest absolute Gasteiger partial charge is 0.303 e. The van der Waals surface area contributed by atoms with Crippen LogP contribution in [0.15, 0.2) is 35.7 Å². The van der Waals surface area contributed by atoms with Crippen molar-refractivity contribution in [2.45, 2.75) is 58.4 Å². The first kappa shape index (κ1) is 35.8. The summed E-state index contributed by atoms with van der Waals surface area (Å²) < 4.78 is 38.1. The van der Waals surface area contributed by atoms with Crippen molar-refractivity contribution < 1.29 is 38.0 Å². The number of carboxylic acids is 1. The van der Waals surface area contributed by atoms with E-state index in [2.05, 4.69) is 6.07 Å². The fourth-order valence-corrected chi connectivity index (χ4v) is 5.83. The lowest BCUT2D eigenvalue weighted by atomic mass is 9.84. The van der Waals surface area contributed by atoms with E-state index in [9.17, 15) is 9.59 Å². The van der Waals surface area contributed by atoms with E-state index in [1.807, 2.05) is 32.2 Å². The summed E-state index contributed by atoms with van der Waals surface area (Å²) in [6, 6.07) is 9.13. The number of fused-ring (bicyclic) bond motifs is 1. The fourth-order valence-electron chi connectivity index (χ4n) is 5.08. The number of ether oxygens (including phenoxy) is 4. The first-order valence-corrected chi connectivity index (χ1v) is 15.3. The number of carbonyl (C=O) groups is 2. The van der Waals surface area contributed by atoms with Crippen LogP contribution in [0.2, 0.25) is 0 Å². The number of ketones is 1. The Morgan fingerprint density at radius 1 is 1.04 bits per heavy atom. The first-order valence-electron chi connectivity index (χ1n) is 14.4. The first-order chi connectivity index (χ1) is 20.9. The third-order valence-electron chi connectivity index (χ3n) is 7.31. The highest BCUT2D eigenvalue weighted by Crippen LogP contribution is 2.41. The molecular formula is C33H40BrFN2O7S. The highest BCUT2D eigenvalue weighted by molar-refractivity contribution is 8.93. The van der Waals surface area contributed by atoms with Crippen LogP contribution in [0.1, 0.15) is 72.0 Å². The average Bonchev–Trinajstić information content (AvgIpc) is 3.60. The number of benzene rings is 2. The van der Waals surface area contributed by atoms with Crippen molar-refractivity contribution in [3.63, 3.8) is 0 Å². The van der Waals surface area contributed by atoms with Gasteiger partial charge in [-0.15, -0.1) is 28.3 Å². The Labute approximate surface area is 277 Å². The molecule has 0 spiro atoms. The molecule has 0 atom stereocenters. The summed E-state index contributed by atoms with van der Waals surface area (Å²) in [5.74, 6) is -0.945. The summed E-state index contributed by atoms with van der Waals surface area (Å²) in [5, 5.41) is 19.7. The third-order valence-corrected chi connectivity index (χ3v) is 8.25. The molecule has 0 saturated carbocycles. The standard InChI is InChI=1S/C33H39FN2O7S.BrH/c1-33(2,3)23-15-20(24(37)19-36-18-21-17-25(40-4)31(41-5)29(34)28(21)32(36)35)16-26(30(23)43-13-7-11-27(38)39)42-12-6-9-22-10-8-14-44-22;/h8,10,14-17,35H,6-7,9,11-13,18-19H2,1-5H3,(H,38,39);1H. The summed E-state index contributed by atoms with van der Waals surface area (Å²) in [6.07, 6.45) is 1.90. The number of methoxy groups -OCH3 is 2. The van der Waals surface area contributed by atoms with Gasteiger partial charge in [0, 0.05) is 29.0 Å². The van der Waals surface area contributed by atoms with Gasteiger partial charge in [0.25, 0.3) is 0 Å². The largest absolute Gasteiger partial charge is 0.493 e. The molecule has 2 N–H and O–H groups in total. The molecule has 3 aromatic rings. The number of carboxylic acid groups (broad SMARTS) is 1. The molecule has 0 unspecified atom stereocenters. The van der Waals surface area contributed by atoms with E-state index in [0.29, 0.717) is 35.7 Å². The number of hydrogen-bond acceptors (Lipinski definition) is 8. The summed E-state index contributed by atoms with van der Waals surface area (Å²) in [7, 11) is 2.75. The van der Waals surface area contributed by atoms with Crippen LogP contribution in [0.3, 0.4) is 0 Å². The topological polar surface area (TPSA) is 118 Å². The molecule has 9 nitrogen and oxygen atoms in total. The summed E-state index contributed by atoms with van der Waals surface area (Å²) in [6.45, 7) is 6.57. The van der Waals surface area contributed by atoms with Gasteiger partial charge < -0.3 is 29.0 Å². The molecule has 2 heterocycles. The zero-order valence-electron chi connectivity index (χ0n) is 26.2. The second-order valence-electron chi connectivity index (χ2n) is 11.6. The zero-order chi connectivity index (χ0) is 32.0. The molecule has 0 fully saturated rings. The number of nitrogens with one attached hydrogen (secondary N) is 1. The number of aryl methyl sites for hydroxylation is 1. The Bertz CT molecular complexity index is 1520. The van der Waals surface area contributed by atoms with Gasteiger partial charge in [-0.25, -0.2) is 4.39 Å². The number of aliphatic carboxylic acids is 1. The van der Waals surface area contributed by atoms with Crippen LogP contribution in [0.5, 0.6) is 23.0 Å². The lowest BCUT2D eigenvalue weighted by Gasteiger charge is -2.26. The Kier molecular flexibility index (Phi) is 12.4. The average molecular weight is 708 g/mol. The molecule has 0 aliphatic carbocycles. The van der Waals surface area contributed by atoms with Gasteiger partial charge in [0.15, 0.2) is 34.6 Å². The van der Waals surface area contributed by atoms with Gasteiger partial charge in [-0.1, -0.05) is 26.8 Å². The van der Waals surface area contributed by atoms with Gasteiger partial charge in [0.2, 0.25) is 0 Å². The van der Waals surface area contributed by atoms with E-state index in [-0.39, 0.29) is 71.8 Å². The maximum Gasteiger partial charge on any atom is 0.303 e. The van der Waals surface area contributed by atoms with Crippen LogP contribution in [-0.2, 0) is 23.2 Å². The summed E-state index contributed by atoms with van der Waals surface area (Å²) >= 11 is 1.68. The van der Waals surface area contributed by atoms with Gasteiger partial charge in [0.1, 0.15) is 5.84 Å². The highest BCUT2D eigenvalue weighted by Gasteiger charge is 2.33. The van der Waals surface area contributed by atoms with Crippen LogP contribution in [0.25, 0.3) is 0 Å². The predicted octanol–water partition coefficient (Wildman–Crippen LogP) is 7.06. The molecule has 1 aliphatic heterocycles. The molecule has 45 heavy (non-hydrogen) atoms. The van der Waals surface area contributed by atoms with Gasteiger partial charge in [-0.3, -0.25) is 15.0 Å². The monoisotopic (exact) mass is 706 g/mol. The predicted molar refractivity (Wildman–Crippen MR) is 177 cm³/mol. The van der Waals surface area contributed by atoms with Crippen LogP contribution in [0.4, 0.5) is 4.39 Å². The number of rotatable bonds is 15. The maximum atomic E-state index is 15.3. The number of Topliss-reactive ketones (excluding diaryl/α,β-unsaturated/α-hetero) is 1. The molecule has 4 rings (SSSR count). The number of amidine groups is 1. The number of carbonyl (C=O) groups excluding carboxylic acids is 1. The second kappa shape index (κ2) is 15.6. The molecule has 0 amide bonds. The van der Waals surface area contributed by atoms with E-state index in [0.717, 1.165) is 18.4 Å². The van der Waals surface area contributed by atoms with Crippen molar-refractivity contribution in [3.05, 3.63) is 68.7 Å². The molecular weight excluding hydrogens is 667 g/mol. The molecule has 0 saturated heterocycles. The van der Waals surface area contributed by atoms with Crippen molar-refractivity contribution in [1.29, 1.82) is 5.41 Å². The fraction of sp³-hybridized carbons (Fsp3) is 0.424. The molecule has 1 aliphatic rings. The van der Waals surface area contributed by atoms with E-state index >= 15 is 4.39 Å². The van der Waals surface area contributed by atoms with Crippen molar-refractivity contribution in [2.75, 3.05) is 34.0 Å². The van der Waals surface area contributed by atoms with Crippen LogP contribution in [0, 0.1) is 11.2 Å². The van der Waals surface area contributed by atoms with E-state index < -0.39 is 17.2 Å². The quantitative estimate of drug-likeness (QED) is 0.127. The van der Waals surface area contributed by atoms with E-state index in [4.69, 9.17) is 29.5 Å². The molecule has 0 radical (unpaired) electrons. The zero-order valence-corrected chi connectivity index (χ0v) is 28.7. The minimum absolute atomic E-state index is 0. The third kappa shape index (κ3) is 8.55. The van der Waals surface area contributed by atoms with Gasteiger partial charge in [-0.2, -0.15) is 0 Å². The number of nitrogens with zero attached hydrogens (tertiary/aromatic N) is 1. The Hall–Kier alpha value is -3.64. The normalized spacial score (nSPS) is 12.4. The van der Waals surface area contributed by atoms with Crippen molar-refractivity contribution in [1.82, 2.24) is 4.90 Å². The molecule has 2 aromatic carbocycles. The SMILES string of the molecule is Br.COc1cc2c(c(F)c1OC)C(=N)N(CC(=O)c1cc(OCCCc3cccs3)c(OCCCC(=O)O)c(C(C)(C)C)c1)C2. The molecule has 244 valence electrons. The maximum absolute atomic E-state index is 15.3. The summed E-state index contributed by atoms with van der Waals surface area (Å²) in [4.78, 5) is 27.6. The Balaban J connectivity index is 0.00000552. The minimum Gasteiger partial charge on any atom is -0.493 e. The van der Waals surface area contributed by atoms with E-state index in [1.165, 1.54) is 24.0 Å². The van der Waals surface area contributed by atoms with Crippen molar-refractivity contribution in [3.8, 4) is 23.0 Å². The lowest BCUT2D eigenvalue weighted by molar-refractivity contribution is -0.137. The second-order valence-corrected chi connectivity index (χ2v) is 12.6. The van der Waals surface area contributed by atoms with Crippen molar-refractivity contribution in [2.24, 2.45) is 0 Å². The van der Waals surface area contributed by atoms with Crippen molar-refractivity contribution >= 4 is 45.9 Å². The number of hydrogen-bond donors (Lipinski definition) is 2. The Morgan fingerprint density at radius 3 is 2.40 bits per heavy atom. The van der Waals surface area contributed by atoms with Crippen LogP contribution in [-0.4, -0.2) is 61.6 Å². The summed E-state index contributed by atoms with van der Waals surface area (Å²) in [5.41, 5.74) is 1.30. The van der Waals surface area contributed by atoms with Gasteiger partial charge in [-0.05, 0) is 59.9 Å². The van der Waals surface area contributed by atoms with E-state index in [1.54, 1.807) is 29.5 Å². The molecule has 12 heteroatoms. The highest BCUT2D eigenvalue weighted by atomic mass is 79.9. The van der Waals surface area contributed by atoms with Crippen LogP contribution < -0.4 is 18.9 Å².